The molecule has 1 aromatic heterocycles. The molecule has 1 aliphatic heterocycles. The van der Waals surface area contributed by atoms with Crippen molar-refractivity contribution in [3.05, 3.63) is 41.9 Å². The van der Waals surface area contributed by atoms with Crippen LogP contribution in [0, 0.1) is 0 Å². The summed E-state index contributed by atoms with van der Waals surface area (Å²) in [6.07, 6.45) is 3.27. The SMILES string of the molecule is O=S1(=O)C=CC(Nc2cnnc3ccccc23)C1. The van der Waals surface area contributed by atoms with Crippen LogP contribution in [0.1, 0.15) is 0 Å². The van der Waals surface area contributed by atoms with Gasteiger partial charge in [-0.2, -0.15) is 10.2 Å². The lowest BCUT2D eigenvalue weighted by atomic mass is 10.2. The molecule has 1 N–H and O–H groups in total. The van der Waals surface area contributed by atoms with Crippen LogP contribution in [0.4, 0.5) is 5.69 Å². The van der Waals surface area contributed by atoms with Gasteiger partial charge in [0.25, 0.3) is 0 Å². The maximum Gasteiger partial charge on any atom is 0.173 e. The molecule has 1 aromatic carbocycles. The lowest BCUT2D eigenvalue weighted by Gasteiger charge is -2.12. The van der Waals surface area contributed by atoms with Gasteiger partial charge in [-0.25, -0.2) is 8.42 Å². The van der Waals surface area contributed by atoms with Gasteiger partial charge in [0.05, 0.1) is 29.2 Å². The van der Waals surface area contributed by atoms with E-state index in [0.717, 1.165) is 16.6 Å². The quantitative estimate of drug-likeness (QED) is 0.883. The van der Waals surface area contributed by atoms with Gasteiger partial charge in [0.1, 0.15) is 0 Å². The Morgan fingerprint density at radius 3 is 2.89 bits per heavy atom. The summed E-state index contributed by atoms with van der Waals surface area (Å²) in [5, 5.41) is 13.3. The second-order valence-corrected chi connectivity index (χ2v) is 6.12. The average Bonchev–Trinajstić information content (AvgIpc) is 2.69. The molecule has 5 nitrogen and oxygen atoms in total. The molecular weight excluding hydrogens is 250 g/mol. The third-order valence-corrected chi connectivity index (χ3v) is 4.21. The Morgan fingerprint density at radius 2 is 2.11 bits per heavy atom. The van der Waals surface area contributed by atoms with Crippen molar-refractivity contribution >= 4 is 26.4 Å². The first-order chi connectivity index (χ1) is 8.64. The Labute approximate surface area is 104 Å². The van der Waals surface area contributed by atoms with Crippen molar-refractivity contribution in [1.29, 1.82) is 0 Å². The van der Waals surface area contributed by atoms with Gasteiger partial charge in [0, 0.05) is 10.8 Å². The zero-order valence-electron chi connectivity index (χ0n) is 9.45. The molecule has 0 spiro atoms. The normalized spacial score (nSPS) is 21.2. The van der Waals surface area contributed by atoms with Crippen LogP contribution in [-0.4, -0.2) is 30.4 Å². The predicted octanol–water partition coefficient (Wildman–Crippen LogP) is 1.35. The minimum Gasteiger partial charge on any atom is -0.376 e. The standard InChI is InChI=1S/C12H11N3O2S/c16-18(17)6-5-9(8-18)14-12-7-13-15-11-4-2-1-3-10(11)12/h1-7,9H,8H2,(H,14,15). The summed E-state index contributed by atoms with van der Waals surface area (Å²) in [7, 11) is -3.05. The van der Waals surface area contributed by atoms with Crippen LogP contribution in [-0.2, 0) is 9.84 Å². The van der Waals surface area contributed by atoms with Crippen LogP contribution in [0.5, 0.6) is 0 Å². The molecule has 0 radical (unpaired) electrons. The molecule has 0 saturated carbocycles. The van der Waals surface area contributed by atoms with E-state index in [1.165, 1.54) is 5.41 Å². The Balaban J connectivity index is 1.94. The molecule has 2 heterocycles. The molecule has 0 saturated heterocycles. The van der Waals surface area contributed by atoms with Gasteiger partial charge in [-0.1, -0.05) is 24.3 Å². The first-order valence-electron chi connectivity index (χ1n) is 5.52. The van der Waals surface area contributed by atoms with Crippen molar-refractivity contribution in [2.24, 2.45) is 0 Å². The van der Waals surface area contributed by atoms with E-state index in [1.54, 1.807) is 12.3 Å². The van der Waals surface area contributed by atoms with Crippen LogP contribution in [0.25, 0.3) is 10.9 Å². The highest BCUT2D eigenvalue weighted by Crippen LogP contribution is 2.22. The van der Waals surface area contributed by atoms with Gasteiger partial charge in [0.15, 0.2) is 9.84 Å². The van der Waals surface area contributed by atoms with Crippen molar-refractivity contribution < 1.29 is 8.42 Å². The Morgan fingerprint density at radius 1 is 1.28 bits per heavy atom. The minimum absolute atomic E-state index is 0.0870. The van der Waals surface area contributed by atoms with E-state index in [2.05, 4.69) is 15.5 Å². The van der Waals surface area contributed by atoms with E-state index < -0.39 is 9.84 Å². The van der Waals surface area contributed by atoms with Crippen LogP contribution in [0.2, 0.25) is 0 Å². The largest absolute Gasteiger partial charge is 0.376 e. The van der Waals surface area contributed by atoms with Gasteiger partial charge in [0.2, 0.25) is 0 Å². The number of nitrogens with one attached hydrogen (secondary N) is 1. The summed E-state index contributed by atoms with van der Waals surface area (Å²) >= 11 is 0. The number of fused-ring (bicyclic) bond motifs is 1. The van der Waals surface area contributed by atoms with Crippen LogP contribution in [0.3, 0.4) is 0 Å². The average molecular weight is 261 g/mol. The molecule has 0 bridgehead atoms. The van der Waals surface area contributed by atoms with E-state index in [-0.39, 0.29) is 11.8 Å². The number of nitrogens with zero attached hydrogens (tertiary/aromatic N) is 2. The van der Waals surface area contributed by atoms with Crippen molar-refractivity contribution in [3.8, 4) is 0 Å². The highest BCUT2D eigenvalue weighted by molar-refractivity contribution is 7.94. The van der Waals surface area contributed by atoms with Crippen LogP contribution in [0.15, 0.2) is 41.9 Å². The van der Waals surface area contributed by atoms with Gasteiger partial charge in [-0.15, -0.1) is 0 Å². The Hall–Kier alpha value is -1.95. The fourth-order valence-electron chi connectivity index (χ4n) is 1.99. The van der Waals surface area contributed by atoms with Gasteiger partial charge in [-0.05, 0) is 6.07 Å². The van der Waals surface area contributed by atoms with Crippen molar-refractivity contribution in [1.82, 2.24) is 10.2 Å². The number of benzene rings is 1. The highest BCUT2D eigenvalue weighted by atomic mass is 32.2. The lowest BCUT2D eigenvalue weighted by molar-refractivity contribution is 0.605. The second kappa shape index (κ2) is 4.06. The third-order valence-electron chi connectivity index (χ3n) is 2.82. The first kappa shape index (κ1) is 11.2. The fraction of sp³-hybridized carbons (Fsp3) is 0.167. The summed E-state index contributed by atoms with van der Waals surface area (Å²) in [6, 6.07) is 7.40. The molecule has 0 fully saturated rings. The van der Waals surface area contributed by atoms with Crippen molar-refractivity contribution in [2.75, 3.05) is 11.1 Å². The number of aromatic nitrogens is 2. The molecule has 2 aromatic rings. The number of hydrogen-bond donors (Lipinski definition) is 1. The minimum atomic E-state index is -3.05. The van der Waals surface area contributed by atoms with Crippen LogP contribution >= 0.6 is 0 Å². The second-order valence-electron chi connectivity index (χ2n) is 4.18. The lowest BCUT2D eigenvalue weighted by Crippen LogP contribution is -2.21. The molecule has 18 heavy (non-hydrogen) atoms. The summed E-state index contributed by atoms with van der Waals surface area (Å²) in [6.45, 7) is 0. The smallest absolute Gasteiger partial charge is 0.173 e. The van der Waals surface area contributed by atoms with E-state index >= 15 is 0 Å². The van der Waals surface area contributed by atoms with Crippen molar-refractivity contribution in [2.45, 2.75) is 6.04 Å². The van der Waals surface area contributed by atoms with Gasteiger partial charge in [-0.3, -0.25) is 0 Å². The number of anilines is 1. The summed E-state index contributed by atoms with van der Waals surface area (Å²) < 4.78 is 22.7. The number of rotatable bonds is 2. The van der Waals surface area contributed by atoms with Crippen LogP contribution < -0.4 is 5.32 Å². The van der Waals surface area contributed by atoms with Crippen molar-refractivity contribution in [3.63, 3.8) is 0 Å². The molecule has 3 rings (SSSR count). The highest BCUT2D eigenvalue weighted by Gasteiger charge is 2.21. The number of hydrogen-bond acceptors (Lipinski definition) is 5. The molecule has 0 aliphatic carbocycles. The molecular formula is C12H11N3O2S. The zero-order valence-corrected chi connectivity index (χ0v) is 10.3. The molecule has 92 valence electrons. The van der Waals surface area contributed by atoms with E-state index in [4.69, 9.17) is 0 Å². The predicted molar refractivity (Wildman–Crippen MR) is 69.9 cm³/mol. The van der Waals surface area contributed by atoms with E-state index in [9.17, 15) is 8.42 Å². The molecule has 6 heteroatoms. The Bertz CT molecular complexity index is 720. The molecule has 1 aliphatic rings. The fourth-order valence-corrected chi connectivity index (χ4v) is 3.22. The monoisotopic (exact) mass is 261 g/mol. The van der Waals surface area contributed by atoms with Gasteiger partial charge < -0.3 is 5.32 Å². The summed E-state index contributed by atoms with van der Waals surface area (Å²) in [4.78, 5) is 0. The topological polar surface area (TPSA) is 72.0 Å². The zero-order chi connectivity index (χ0) is 12.6. The first-order valence-corrected chi connectivity index (χ1v) is 7.23. The molecule has 0 amide bonds. The van der Waals surface area contributed by atoms with Gasteiger partial charge >= 0.3 is 0 Å². The van der Waals surface area contributed by atoms with E-state index in [1.807, 2.05) is 24.3 Å². The maximum absolute atomic E-state index is 11.3. The Kier molecular flexibility index (Phi) is 2.52. The third kappa shape index (κ3) is 2.06. The molecule has 1 unspecified atom stereocenters. The summed E-state index contributed by atoms with van der Waals surface area (Å²) in [5.41, 5.74) is 1.58. The summed E-state index contributed by atoms with van der Waals surface area (Å²) in [5.74, 6) is 0.0870. The number of sulfone groups is 1. The molecule has 1 atom stereocenters. The maximum atomic E-state index is 11.3. The van der Waals surface area contributed by atoms with E-state index in [0.29, 0.717) is 0 Å².